The van der Waals surface area contributed by atoms with E-state index in [0.717, 1.165) is 50.2 Å². The Morgan fingerprint density at radius 2 is 1.59 bits per heavy atom. The summed E-state index contributed by atoms with van der Waals surface area (Å²) in [6.07, 6.45) is 3.00. The Kier molecular flexibility index (Phi) is 5.85. The quantitative estimate of drug-likeness (QED) is 0.893. The molecule has 0 unspecified atom stereocenters. The second-order valence-corrected chi connectivity index (χ2v) is 7.50. The van der Waals surface area contributed by atoms with Gasteiger partial charge >= 0.3 is 0 Å². The number of nitrogens with one attached hydrogen (secondary N) is 1. The third-order valence-corrected chi connectivity index (χ3v) is 5.82. The van der Waals surface area contributed by atoms with Crippen LogP contribution in [0.5, 0.6) is 0 Å². The first-order valence-corrected chi connectivity index (χ1v) is 9.93. The highest BCUT2D eigenvalue weighted by Crippen LogP contribution is 2.30. The third kappa shape index (κ3) is 4.40. The van der Waals surface area contributed by atoms with Crippen molar-refractivity contribution in [2.24, 2.45) is 11.8 Å². The second kappa shape index (κ2) is 8.68. The van der Waals surface area contributed by atoms with Crippen LogP contribution in [0.15, 0.2) is 54.6 Å². The van der Waals surface area contributed by atoms with Crippen molar-refractivity contribution < 1.29 is 14.3 Å². The van der Waals surface area contributed by atoms with E-state index in [2.05, 4.69) is 17.4 Å². The molecule has 2 fully saturated rings. The van der Waals surface area contributed by atoms with Crippen molar-refractivity contribution in [2.45, 2.75) is 25.3 Å². The summed E-state index contributed by atoms with van der Waals surface area (Å²) in [4.78, 5) is 12.9. The van der Waals surface area contributed by atoms with E-state index in [0.29, 0.717) is 24.0 Å². The second-order valence-electron chi connectivity index (χ2n) is 7.50. The molecular weight excluding hydrogens is 338 g/mol. The van der Waals surface area contributed by atoms with Gasteiger partial charge in [0.1, 0.15) is 0 Å². The van der Waals surface area contributed by atoms with Gasteiger partial charge in [-0.1, -0.05) is 42.5 Å². The number of carbonyl (C=O) groups is 1. The molecule has 0 saturated carbocycles. The molecule has 1 N–H and O–H groups in total. The Labute approximate surface area is 160 Å². The summed E-state index contributed by atoms with van der Waals surface area (Å²) in [5, 5.41) is 3.30. The molecule has 2 aromatic carbocycles. The Bertz CT molecular complexity index is 755. The van der Waals surface area contributed by atoms with Crippen molar-refractivity contribution in [3.05, 3.63) is 60.2 Å². The minimum absolute atomic E-state index is 0.0109. The van der Waals surface area contributed by atoms with Gasteiger partial charge in [0.05, 0.1) is 6.61 Å². The summed E-state index contributed by atoms with van der Waals surface area (Å²) in [5.74, 6) is 0.959. The van der Waals surface area contributed by atoms with Crippen LogP contribution in [0.1, 0.15) is 29.6 Å². The minimum atomic E-state index is 0.0109. The van der Waals surface area contributed by atoms with Gasteiger partial charge in [-0.2, -0.15) is 0 Å². The van der Waals surface area contributed by atoms with Gasteiger partial charge in [0.15, 0.2) is 0 Å². The lowest BCUT2D eigenvalue weighted by atomic mass is 9.79. The first-order chi connectivity index (χ1) is 13.3. The van der Waals surface area contributed by atoms with Gasteiger partial charge in [-0.25, -0.2) is 0 Å². The number of carbonyl (C=O) groups excluding carboxylic acids is 1. The van der Waals surface area contributed by atoms with E-state index in [-0.39, 0.29) is 11.9 Å². The maximum atomic E-state index is 12.9. The summed E-state index contributed by atoms with van der Waals surface area (Å²) in [6.45, 7) is 3.09. The molecule has 2 aromatic rings. The lowest BCUT2D eigenvalue weighted by Crippen LogP contribution is -2.49. The molecule has 0 aromatic heterocycles. The zero-order valence-electron chi connectivity index (χ0n) is 15.6. The Morgan fingerprint density at radius 3 is 2.41 bits per heavy atom. The molecule has 0 radical (unpaired) electrons. The molecule has 0 aliphatic carbocycles. The van der Waals surface area contributed by atoms with Crippen LogP contribution >= 0.6 is 0 Å². The SMILES string of the molecule is O=C(N[C@H]1CCOC[C@H]1C1CCOCC1)c1cccc(-c2ccccc2)c1. The molecule has 2 heterocycles. The topological polar surface area (TPSA) is 47.6 Å². The summed E-state index contributed by atoms with van der Waals surface area (Å²) in [5.41, 5.74) is 2.91. The van der Waals surface area contributed by atoms with Gasteiger partial charge in [0.25, 0.3) is 5.91 Å². The van der Waals surface area contributed by atoms with Crippen molar-refractivity contribution in [1.29, 1.82) is 0 Å². The molecule has 142 valence electrons. The zero-order chi connectivity index (χ0) is 18.5. The number of benzene rings is 2. The van der Waals surface area contributed by atoms with Crippen LogP contribution in [0, 0.1) is 11.8 Å². The largest absolute Gasteiger partial charge is 0.381 e. The first kappa shape index (κ1) is 18.2. The van der Waals surface area contributed by atoms with Crippen molar-refractivity contribution >= 4 is 5.91 Å². The third-order valence-electron chi connectivity index (χ3n) is 5.82. The average molecular weight is 365 g/mol. The van der Waals surface area contributed by atoms with E-state index >= 15 is 0 Å². The fraction of sp³-hybridized carbons (Fsp3) is 0.435. The molecule has 1 amide bonds. The Hall–Kier alpha value is -2.17. The molecule has 4 heteroatoms. The lowest BCUT2D eigenvalue weighted by molar-refractivity contribution is -0.0259. The Balaban J connectivity index is 1.47. The molecule has 4 nitrogen and oxygen atoms in total. The van der Waals surface area contributed by atoms with Gasteiger partial charge in [0, 0.05) is 37.3 Å². The van der Waals surface area contributed by atoms with Crippen LogP contribution in [0.25, 0.3) is 11.1 Å². The van der Waals surface area contributed by atoms with E-state index in [1.807, 2.05) is 42.5 Å². The van der Waals surface area contributed by atoms with E-state index in [1.54, 1.807) is 0 Å². The first-order valence-electron chi connectivity index (χ1n) is 9.93. The zero-order valence-corrected chi connectivity index (χ0v) is 15.6. The van der Waals surface area contributed by atoms with Crippen molar-refractivity contribution in [1.82, 2.24) is 5.32 Å². The van der Waals surface area contributed by atoms with Crippen LogP contribution in [0.3, 0.4) is 0 Å². The number of hydrogen-bond donors (Lipinski definition) is 1. The molecule has 0 spiro atoms. The van der Waals surface area contributed by atoms with E-state index in [1.165, 1.54) is 0 Å². The van der Waals surface area contributed by atoms with Gasteiger partial charge in [0.2, 0.25) is 0 Å². The predicted molar refractivity (Wildman–Crippen MR) is 106 cm³/mol. The van der Waals surface area contributed by atoms with Crippen LogP contribution in [-0.2, 0) is 9.47 Å². The van der Waals surface area contributed by atoms with E-state index in [4.69, 9.17) is 9.47 Å². The normalized spacial score (nSPS) is 23.7. The molecule has 2 aliphatic rings. The highest BCUT2D eigenvalue weighted by atomic mass is 16.5. The van der Waals surface area contributed by atoms with Crippen LogP contribution in [0.2, 0.25) is 0 Å². The van der Waals surface area contributed by atoms with Crippen LogP contribution in [0.4, 0.5) is 0 Å². The van der Waals surface area contributed by atoms with E-state index < -0.39 is 0 Å². The lowest BCUT2D eigenvalue weighted by Gasteiger charge is -2.39. The minimum Gasteiger partial charge on any atom is -0.381 e. The summed E-state index contributed by atoms with van der Waals surface area (Å²) < 4.78 is 11.2. The predicted octanol–water partition coefficient (Wildman–Crippen LogP) is 3.92. The Morgan fingerprint density at radius 1 is 0.852 bits per heavy atom. The number of ether oxygens (including phenoxy) is 2. The summed E-state index contributed by atoms with van der Waals surface area (Å²) in [6, 6.07) is 18.2. The molecule has 2 aliphatic heterocycles. The van der Waals surface area contributed by atoms with E-state index in [9.17, 15) is 4.79 Å². The van der Waals surface area contributed by atoms with Gasteiger partial charge < -0.3 is 14.8 Å². The van der Waals surface area contributed by atoms with Gasteiger partial charge in [-0.3, -0.25) is 4.79 Å². The number of rotatable bonds is 4. The molecular formula is C23H27NO3. The van der Waals surface area contributed by atoms with Gasteiger partial charge in [-0.05, 0) is 48.4 Å². The number of hydrogen-bond acceptors (Lipinski definition) is 3. The van der Waals surface area contributed by atoms with Crippen LogP contribution in [-0.4, -0.2) is 38.4 Å². The smallest absolute Gasteiger partial charge is 0.251 e. The molecule has 4 rings (SSSR count). The molecule has 0 bridgehead atoms. The molecule has 27 heavy (non-hydrogen) atoms. The van der Waals surface area contributed by atoms with Crippen LogP contribution < -0.4 is 5.32 Å². The molecule has 2 saturated heterocycles. The maximum absolute atomic E-state index is 12.9. The van der Waals surface area contributed by atoms with Crippen molar-refractivity contribution in [3.8, 4) is 11.1 Å². The highest BCUT2D eigenvalue weighted by molar-refractivity contribution is 5.95. The fourth-order valence-corrected chi connectivity index (χ4v) is 4.27. The van der Waals surface area contributed by atoms with Crippen molar-refractivity contribution in [2.75, 3.05) is 26.4 Å². The molecule has 2 atom stereocenters. The number of amides is 1. The summed E-state index contributed by atoms with van der Waals surface area (Å²) >= 11 is 0. The monoisotopic (exact) mass is 365 g/mol. The standard InChI is InChI=1S/C23H27NO3/c25-23(20-8-4-7-19(15-20)17-5-2-1-3-6-17)24-22-11-14-27-16-21(22)18-9-12-26-13-10-18/h1-8,15,18,21-22H,9-14,16H2,(H,24,25)/t21-,22-/m0/s1. The summed E-state index contributed by atoms with van der Waals surface area (Å²) in [7, 11) is 0. The van der Waals surface area contributed by atoms with Crippen molar-refractivity contribution in [3.63, 3.8) is 0 Å². The fourth-order valence-electron chi connectivity index (χ4n) is 4.27. The average Bonchev–Trinajstić information content (AvgIpc) is 2.75. The van der Waals surface area contributed by atoms with Gasteiger partial charge in [-0.15, -0.1) is 0 Å². The highest BCUT2D eigenvalue weighted by Gasteiger charge is 2.34. The maximum Gasteiger partial charge on any atom is 0.251 e.